The first kappa shape index (κ1) is 16.1. The molecule has 0 aliphatic carbocycles. The summed E-state index contributed by atoms with van der Waals surface area (Å²) in [5, 5.41) is 9.02. The van der Waals surface area contributed by atoms with Crippen LogP contribution in [0.4, 0.5) is 4.39 Å². The molecule has 0 unspecified atom stereocenters. The Morgan fingerprint density at radius 1 is 1.08 bits per heavy atom. The quantitative estimate of drug-likeness (QED) is 0.940. The van der Waals surface area contributed by atoms with Gasteiger partial charge in [-0.05, 0) is 49.2 Å². The zero-order valence-electron chi connectivity index (χ0n) is 13.0. The highest BCUT2D eigenvalue weighted by atomic mass is 19.1. The van der Waals surface area contributed by atoms with E-state index in [4.69, 9.17) is 5.11 Å². The molecule has 0 spiro atoms. The van der Waals surface area contributed by atoms with Crippen molar-refractivity contribution in [2.75, 3.05) is 13.1 Å². The zero-order chi connectivity index (χ0) is 17.1. The van der Waals surface area contributed by atoms with Crippen LogP contribution >= 0.6 is 0 Å². The highest BCUT2D eigenvalue weighted by molar-refractivity contribution is 5.93. The molecule has 0 bridgehead atoms. The number of carboxylic acids is 1. The number of amides is 1. The van der Waals surface area contributed by atoms with Gasteiger partial charge in [0.1, 0.15) is 11.5 Å². The molecule has 2 aromatic rings. The molecule has 0 saturated carbocycles. The fraction of sp³-hybridized carbons (Fsp3) is 0.278. The lowest BCUT2D eigenvalue weighted by Gasteiger charge is -2.29. The maximum Gasteiger partial charge on any atom is 0.306 e. The molecule has 1 aromatic heterocycles. The second kappa shape index (κ2) is 6.78. The molecule has 5 nitrogen and oxygen atoms in total. The van der Waals surface area contributed by atoms with Gasteiger partial charge < -0.3 is 10.0 Å². The van der Waals surface area contributed by atoms with Gasteiger partial charge in [0.25, 0.3) is 5.91 Å². The Balaban J connectivity index is 1.75. The molecule has 6 heteroatoms. The topological polar surface area (TPSA) is 70.5 Å². The fourth-order valence-corrected chi connectivity index (χ4v) is 2.83. The molecule has 0 atom stereocenters. The number of rotatable bonds is 3. The number of carbonyl (C=O) groups is 2. The van der Waals surface area contributed by atoms with Crippen LogP contribution in [0, 0.1) is 11.7 Å². The molecule has 1 fully saturated rings. The molecule has 2 heterocycles. The molecular weight excluding hydrogens is 311 g/mol. The van der Waals surface area contributed by atoms with Crippen LogP contribution in [0.5, 0.6) is 0 Å². The van der Waals surface area contributed by atoms with Crippen molar-refractivity contribution in [1.82, 2.24) is 9.88 Å². The summed E-state index contributed by atoms with van der Waals surface area (Å²) in [6.07, 6.45) is 0.914. The van der Waals surface area contributed by atoms with Crippen LogP contribution in [0.15, 0.2) is 42.5 Å². The standard InChI is InChI=1S/C18H17FN2O3/c19-14-6-4-12(5-7-14)15-2-1-3-16(20-15)17(22)21-10-8-13(9-11-21)18(23)24/h1-7,13H,8-11H2,(H,23,24). The van der Waals surface area contributed by atoms with E-state index in [1.807, 2.05) is 0 Å². The first-order valence-corrected chi connectivity index (χ1v) is 7.79. The minimum atomic E-state index is -0.807. The van der Waals surface area contributed by atoms with E-state index >= 15 is 0 Å². The van der Waals surface area contributed by atoms with Gasteiger partial charge in [-0.3, -0.25) is 9.59 Å². The first-order valence-electron chi connectivity index (χ1n) is 7.79. The Hall–Kier alpha value is -2.76. The van der Waals surface area contributed by atoms with Crippen LogP contribution in [0.1, 0.15) is 23.3 Å². The molecule has 1 aromatic carbocycles. The van der Waals surface area contributed by atoms with E-state index in [2.05, 4.69) is 4.98 Å². The van der Waals surface area contributed by atoms with Crippen molar-refractivity contribution in [2.24, 2.45) is 5.92 Å². The number of nitrogens with zero attached hydrogens (tertiary/aromatic N) is 2. The molecule has 3 rings (SSSR count). The minimum Gasteiger partial charge on any atom is -0.481 e. The van der Waals surface area contributed by atoms with Gasteiger partial charge in [0.05, 0.1) is 11.6 Å². The van der Waals surface area contributed by atoms with E-state index in [1.165, 1.54) is 12.1 Å². The summed E-state index contributed by atoms with van der Waals surface area (Å²) < 4.78 is 13.0. The highest BCUT2D eigenvalue weighted by Gasteiger charge is 2.28. The van der Waals surface area contributed by atoms with Crippen molar-refractivity contribution in [1.29, 1.82) is 0 Å². The van der Waals surface area contributed by atoms with E-state index < -0.39 is 5.97 Å². The average Bonchev–Trinajstić information content (AvgIpc) is 2.62. The average molecular weight is 328 g/mol. The molecular formula is C18H17FN2O3. The lowest BCUT2D eigenvalue weighted by molar-refractivity contribution is -0.143. The number of likely N-dealkylation sites (tertiary alicyclic amines) is 1. The van der Waals surface area contributed by atoms with Crippen molar-refractivity contribution in [2.45, 2.75) is 12.8 Å². The largest absolute Gasteiger partial charge is 0.481 e. The number of hydrogen-bond acceptors (Lipinski definition) is 3. The van der Waals surface area contributed by atoms with Gasteiger partial charge in [0, 0.05) is 18.7 Å². The smallest absolute Gasteiger partial charge is 0.306 e. The number of hydrogen-bond donors (Lipinski definition) is 1. The number of halogens is 1. The molecule has 24 heavy (non-hydrogen) atoms. The Morgan fingerprint density at radius 3 is 2.38 bits per heavy atom. The van der Waals surface area contributed by atoms with E-state index in [9.17, 15) is 14.0 Å². The summed E-state index contributed by atoms with van der Waals surface area (Å²) in [5.74, 6) is -1.72. The molecule has 1 aliphatic heterocycles. The van der Waals surface area contributed by atoms with Crippen molar-refractivity contribution in [3.63, 3.8) is 0 Å². The number of piperidine rings is 1. The van der Waals surface area contributed by atoms with E-state index in [0.717, 1.165) is 5.56 Å². The van der Waals surface area contributed by atoms with Crippen LogP contribution in [0.2, 0.25) is 0 Å². The van der Waals surface area contributed by atoms with Gasteiger partial charge in [-0.1, -0.05) is 6.07 Å². The molecule has 1 aliphatic rings. The predicted octanol–water partition coefficient (Wildman–Crippen LogP) is 2.82. The monoisotopic (exact) mass is 328 g/mol. The van der Waals surface area contributed by atoms with Gasteiger partial charge >= 0.3 is 5.97 Å². The molecule has 1 amide bonds. The van der Waals surface area contributed by atoms with Crippen LogP contribution in [-0.4, -0.2) is 40.0 Å². The van der Waals surface area contributed by atoms with E-state index in [0.29, 0.717) is 37.3 Å². The lowest BCUT2D eigenvalue weighted by Crippen LogP contribution is -2.40. The minimum absolute atomic E-state index is 0.206. The Labute approximate surface area is 138 Å². The number of carbonyl (C=O) groups excluding carboxylic acids is 1. The Kier molecular flexibility index (Phi) is 4.55. The third kappa shape index (κ3) is 3.42. The second-order valence-electron chi connectivity index (χ2n) is 5.82. The highest BCUT2D eigenvalue weighted by Crippen LogP contribution is 2.21. The number of carboxylic acid groups (broad SMARTS) is 1. The van der Waals surface area contributed by atoms with Crippen LogP contribution in [-0.2, 0) is 4.79 Å². The second-order valence-corrected chi connectivity index (χ2v) is 5.82. The summed E-state index contributed by atoms with van der Waals surface area (Å²) in [7, 11) is 0. The molecule has 1 N–H and O–H groups in total. The molecule has 0 radical (unpaired) electrons. The normalized spacial score (nSPS) is 15.3. The number of benzene rings is 1. The fourth-order valence-electron chi connectivity index (χ4n) is 2.83. The number of aliphatic carboxylic acids is 1. The summed E-state index contributed by atoms with van der Waals surface area (Å²) in [6, 6.07) is 11.1. The van der Waals surface area contributed by atoms with Crippen LogP contribution < -0.4 is 0 Å². The van der Waals surface area contributed by atoms with E-state index in [-0.39, 0.29) is 17.6 Å². The lowest BCUT2D eigenvalue weighted by atomic mass is 9.97. The maximum absolute atomic E-state index is 13.0. The zero-order valence-corrected chi connectivity index (χ0v) is 13.0. The predicted molar refractivity (Wildman–Crippen MR) is 85.9 cm³/mol. The summed E-state index contributed by atoms with van der Waals surface area (Å²) in [4.78, 5) is 29.6. The number of aromatic nitrogens is 1. The van der Waals surface area contributed by atoms with Crippen molar-refractivity contribution >= 4 is 11.9 Å². The Morgan fingerprint density at radius 2 is 1.75 bits per heavy atom. The van der Waals surface area contributed by atoms with Crippen LogP contribution in [0.25, 0.3) is 11.3 Å². The third-order valence-electron chi connectivity index (χ3n) is 4.24. The summed E-state index contributed by atoms with van der Waals surface area (Å²) >= 11 is 0. The van der Waals surface area contributed by atoms with Gasteiger partial charge in [0.15, 0.2) is 0 Å². The number of pyridine rings is 1. The van der Waals surface area contributed by atoms with Gasteiger partial charge in [-0.25, -0.2) is 9.37 Å². The summed E-state index contributed by atoms with van der Waals surface area (Å²) in [5.41, 5.74) is 1.64. The SMILES string of the molecule is O=C(O)C1CCN(C(=O)c2cccc(-c3ccc(F)cc3)n2)CC1. The van der Waals surface area contributed by atoms with Gasteiger partial charge in [0.2, 0.25) is 0 Å². The van der Waals surface area contributed by atoms with Crippen molar-refractivity contribution in [3.8, 4) is 11.3 Å². The third-order valence-corrected chi connectivity index (χ3v) is 4.24. The first-order chi connectivity index (χ1) is 11.5. The van der Waals surface area contributed by atoms with Gasteiger partial charge in [-0.15, -0.1) is 0 Å². The Bertz CT molecular complexity index is 753. The van der Waals surface area contributed by atoms with Crippen molar-refractivity contribution in [3.05, 3.63) is 54.0 Å². The van der Waals surface area contributed by atoms with E-state index in [1.54, 1.807) is 35.2 Å². The molecule has 124 valence electrons. The molecule has 1 saturated heterocycles. The van der Waals surface area contributed by atoms with Gasteiger partial charge in [-0.2, -0.15) is 0 Å². The summed E-state index contributed by atoms with van der Waals surface area (Å²) in [6.45, 7) is 0.830. The van der Waals surface area contributed by atoms with Crippen LogP contribution in [0.3, 0.4) is 0 Å². The van der Waals surface area contributed by atoms with Crippen molar-refractivity contribution < 1.29 is 19.1 Å². The maximum atomic E-state index is 13.0.